The van der Waals surface area contributed by atoms with Gasteiger partial charge in [0.1, 0.15) is 0 Å². The van der Waals surface area contributed by atoms with Crippen LogP contribution in [0.3, 0.4) is 0 Å². The maximum atomic E-state index is 12.7. The summed E-state index contributed by atoms with van der Waals surface area (Å²) in [6.07, 6.45) is -1.69. The Hall–Kier alpha value is -1.72. The van der Waals surface area contributed by atoms with Crippen molar-refractivity contribution in [1.82, 2.24) is 4.90 Å². The summed E-state index contributed by atoms with van der Waals surface area (Å²) >= 11 is 0. The van der Waals surface area contributed by atoms with E-state index in [-0.39, 0.29) is 17.2 Å². The topological polar surface area (TPSA) is 46.3 Å². The molecule has 0 bridgehead atoms. The fraction of sp³-hybridized carbons (Fsp3) is 0.462. The molecule has 0 aliphatic carbocycles. The van der Waals surface area contributed by atoms with E-state index in [4.69, 9.17) is 5.73 Å². The number of anilines is 1. The lowest BCUT2D eigenvalue weighted by atomic mass is 10.1. The third kappa shape index (κ3) is 3.00. The number of halogens is 3. The van der Waals surface area contributed by atoms with Crippen LogP contribution in [-0.4, -0.2) is 23.9 Å². The maximum Gasteiger partial charge on any atom is 0.418 e. The molecule has 1 fully saturated rings. The first-order chi connectivity index (χ1) is 8.89. The fourth-order valence-corrected chi connectivity index (χ4v) is 2.21. The molecule has 104 valence electrons. The van der Waals surface area contributed by atoms with Gasteiger partial charge in [-0.3, -0.25) is 4.79 Å². The summed E-state index contributed by atoms with van der Waals surface area (Å²) in [7, 11) is 0. The molecule has 0 spiro atoms. The molecule has 0 atom stereocenters. The first-order valence-corrected chi connectivity index (χ1v) is 6.15. The van der Waals surface area contributed by atoms with Gasteiger partial charge in [-0.1, -0.05) is 0 Å². The van der Waals surface area contributed by atoms with Crippen LogP contribution >= 0.6 is 0 Å². The van der Waals surface area contributed by atoms with Crippen LogP contribution in [0.2, 0.25) is 0 Å². The molecule has 1 aliphatic rings. The lowest BCUT2D eigenvalue weighted by Gasteiger charge is -2.27. The first-order valence-electron chi connectivity index (χ1n) is 6.15. The average Bonchev–Trinajstić information content (AvgIpc) is 2.38. The summed E-state index contributed by atoms with van der Waals surface area (Å²) in [5.74, 6) is -0.356. The molecule has 1 heterocycles. The van der Waals surface area contributed by atoms with Crippen molar-refractivity contribution in [3.63, 3.8) is 0 Å². The smallest absolute Gasteiger partial charge is 0.398 e. The van der Waals surface area contributed by atoms with E-state index in [1.165, 1.54) is 6.07 Å². The van der Waals surface area contributed by atoms with E-state index >= 15 is 0 Å². The van der Waals surface area contributed by atoms with Crippen molar-refractivity contribution in [3.05, 3.63) is 29.3 Å². The maximum absolute atomic E-state index is 12.7. The van der Waals surface area contributed by atoms with Gasteiger partial charge in [0.15, 0.2) is 0 Å². The molecule has 2 rings (SSSR count). The van der Waals surface area contributed by atoms with Crippen molar-refractivity contribution in [2.75, 3.05) is 18.8 Å². The second-order valence-electron chi connectivity index (χ2n) is 4.65. The van der Waals surface area contributed by atoms with Gasteiger partial charge in [0.2, 0.25) is 0 Å². The number of hydrogen-bond acceptors (Lipinski definition) is 2. The Labute approximate surface area is 109 Å². The van der Waals surface area contributed by atoms with E-state index in [0.29, 0.717) is 13.1 Å². The van der Waals surface area contributed by atoms with E-state index in [0.717, 1.165) is 31.4 Å². The average molecular weight is 272 g/mol. The molecule has 0 saturated carbocycles. The Kier molecular flexibility index (Phi) is 3.68. The summed E-state index contributed by atoms with van der Waals surface area (Å²) in [5, 5.41) is 0. The van der Waals surface area contributed by atoms with Gasteiger partial charge in [-0.05, 0) is 37.5 Å². The second-order valence-corrected chi connectivity index (χ2v) is 4.65. The number of likely N-dealkylation sites (tertiary alicyclic amines) is 1. The Morgan fingerprint density at radius 1 is 1.16 bits per heavy atom. The van der Waals surface area contributed by atoms with Gasteiger partial charge >= 0.3 is 6.18 Å². The van der Waals surface area contributed by atoms with Crippen LogP contribution in [0.4, 0.5) is 18.9 Å². The lowest BCUT2D eigenvalue weighted by Crippen LogP contribution is -2.35. The molecule has 1 aromatic carbocycles. The van der Waals surface area contributed by atoms with Crippen LogP contribution in [-0.2, 0) is 6.18 Å². The summed E-state index contributed by atoms with van der Waals surface area (Å²) < 4.78 is 38.2. The van der Waals surface area contributed by atoms with E-state index in [2.05, 4.69) is 0 Å². The monoisotopic (exact) mass is 272 g/mol. The normalized spacial score (nSPS) is 16.5. The minimum Gasteiger partial charge on any atom is -0.398 e. The molecule has 19 heavy (non-hydrogen) atoms. The molecule has 2 N–H and O–H groups in total. The third-order valence-corrected chi connectivity index (χ3v) is 3.25. The number of carbonyl (C=O) groups is 1. The summed E-state index contributed by atoms with van der Waals surface area (Å²) in [5.41, 5.74) is 4.05. The van der Waals surface area contributed by atoms with E-state index in [9.17, 15) is 18.0 Å². The molecule has 1 aromatic rings. The van der Waals surface area contributed by atoms with Crippen molar-refractivity contribution in [2.24, 2.45) is 0 Å². The zero-order valence-electron chi connectivity index (χ0n) is 10.3. The number of nitrogens with zero attached hydrogens (tertiary/aromatic N) is 1. The van der Waals surface area contributed by atoms with Gasteiger partial charge in [0.25, 0.3) is 5.91 Å². The molecule has 0 aromatic heterocycles. The highest BCUT2D eigenvalue weighted by Gasteiger charge is 2.34. The van der Waals surface area contributed by atoms with Gasteiger partial charge in [0, 0.05) is 24.3 Å². The zero-order valence-corrected chi connectivity index (χ0v) is 10.3. The Morgan fingerprint density at radius 3 is 2.37 bits per heavy atom. The van der Waals surface area contributed by atoms with Crippen LogP contribution in [0.25, 0.3) is 0 Å². The van der Waals surface area contributed by atoms with Gasteiger partial charge in [0.05, 0.1) is 5.56 Å². The number of benzene rings is 1. The molecule has 1 saturated heterocycles. The molecule has 3 nitrogen and oxygen atoms in total. The summed E-state index contributed by atoms with van der Waals surface area (Å²) in [6.45, 7) is 1.20. The Morgan fingerprint density at radius 2 is 1.79 bits per heavy atom. The van der Waals surface area contributed by atoms with Crippen molar-refractivity contribution in [2.45, 2.75) is 25.4 Å². The van der Waals surface area contributed by atoms with Crippen molar-refractivity contribution in [3.8, 4) is 0 Å². The quantitative estimate of drug-likeness (QED) is 0.799. The predicted octanol–water partition coefficient (Wildman–Crippen LogP) is 2.91. The van der Waals surface area contributed by atoms with E-state index < -0.39 is 11.7 Å². The number of rotatable bonds is 1. The van der Waals surface area contributed by atoms with Crippen LogP contribution in [0.1, 0.15) is 35.2 Å². The highest BCUT2D eigenvalue weighted by Crippen LogP contribution is 2.34. The highest BCUT2D eigenvalue weighted by molar-refractivity contribution is 5.95. The van der Waals surface area contributed by atoms with Crippen LogP contribution in [0, 0.1) is 0 Å². The number of nitrogen functional groups attached to an aromatic ring is 1. The van der Waals surface area contributed by atoms with Crippen molar-refractivity contribution in [1.29, 1.82) is 0 Å². The third-order valence-electron chi connectivity index (χ3n) is 3.25. The number of nitrogens with two attached hydrogens (primary N) is 1. The predicted molar refractivity (Wildman–Crippen MR) is 65.6 cm³/mol. The Balaban J connectivity index is 2.27. The van der Waals surface area contributed by atoms with Gasteiger partial charge < -0.3 is 10.6 Å². The largest absolute Gasteiger partial charge is 0.418 e. The van der Waals surface area contributed by atoms with Gasteiger partial charge in [-0.2, -0.15) is 13.2 Å². The number of amides is 1. The van der Waals surface area contributed by atoms with Crippen LogP contribution < -0.4 is 5.73 Å². The SMILES string of the molecule is Nc1ccc(C(=O)N2CCCCC2)cc1C(F)(F)F. The molecule has 1 aliphatic heterocycles. The molecule has 0 radical (unpaired) electrons. The highest BCUT2D eigenvalue weighted by atomic mass is 19.4. The summed E-state index contributed by atoms with van der Waals surface area (Å²) in [4.78, 5) is 13.7. The van der Waals surface area contributed by atoms with E-state index in [1.807, 2.05) is 0 Å². The van der Waals surface area contributed by atoms with Gasteiger partial charge in [-0.15, -0.1) is 0 Å². The number of carbonyl (C=O) groups excluding carboxylic acids is 1. The zero-order chi connectivity index (χ0) is 14.0. The van der Waals surface area contributed by atoms with Crippen LogP contribution in [0.5, 0.6) is 0 Å². The molecular formula is C13H15F3N2O. The summed E-state index contributed by atoms with van der Waals surface area (Å²) in [6, 6.07) is 3.33. The second kappa shape index (κ2) is 5.11. The minimum absolute atomic E-state index is 0.0448. The van der Waals surface area contributed by atoms with Crippen molar-refractivity contribution >= 4 is 11.6 Å². The first kappa shape index (κ1) is 13.7. The number of alkyl halides is 3. The van der Waals surface area contributed by atoms with Crippen LogP contribution in [0.15, 0.2) is 18.2 Å². The minimum atomic E-state index is -4.54. The van der Waals surface area contributed by atoms with Crippen molar-refractivity contribution < 1.29 is 18.0 Å². The fourth-order valence-electron chi connectivity index (χ4n) is 2.21. The number of piperidine rings is 1. The van der Waals surface area contributed by atoms with Gasteiger partial charge in [-0.25, -0.2) is 0 Å². The molecule has 6 heteroatoms. The number of hydrogen-bond donors (Lipinski definition) is 1. The van der Waals surface area contributed by atoms with E-state index in [1.54, 1.807) is 4.90 Å². The molecule has 1 amide bonds. The molecule has 0 unspecified atom stereocenters. The lowest BCUT2D eigenvalue weighted by molar-refractivity contribution is -0.136. The molecular weight excluding hydrogens is 257 g/mol. The Bertz CT molecular complexity index is 479. The standard InChI is InChI=1S/C13H15F3N2O/c14-13(15,16)10-8-9(4-5-11(10)17)12(19)18-6-2-1-3-7-18/h4-5,8H,1-3,6-7,17H2.